The van der Waals surface area contributed by atoms with E-state index in [4.69, 9.17) is 32.8 Å². The zero-order valence-corrected chi connectivity index (χ0v) is 33.8. The molecule has 0 radical (unpaired) electrons. The fraction of sp³-hybridized carbons (Fsp3) is 0.575. The first-order valence-electron chi connectivity index (χ1n) is 20.1. The summed E-state index contributed by atoms with van der Waals surface area (Å²) in [5.74, 6) is -3.78. The summed E-state index contributed by atoms with van der Waals surface area (Å²) < 4.78 is 40.9. The van der Waals surface area contributed by atoms with Gasteiger partial charge in [0.05, 0.1) is 37.5 Å². The predicted octanol–water partition coefficient (Wildman–Crippen LogP) is -4.85. The third-order valence-electron chi connectivity index (χ3n) is 11.8. The third-order valence-corrected chi connectivity index (χ3v) is 11.8. The Labute approximate surface area is 361 Å². The Hall–Kier alpha value is -4.29. The molecule has 354 valence electrons. The van der Waals surface area contributed by atoms with Crippen molar-refractivity contribution in [3.63, 3.8) is 0 Å². The molecule has 24 heteroatoms. The molecule has 0 spiro atoms. The number of aliphatic hydroxyl groups excluding tert-OH is 11. The second-order valence-corrected chi connectivity index (χ2v) is 16.1. The minimum Gasteiger partial charge on any atom is -0.508 e. The van der Waals surface area contributed by atoms with Gasteiger partial charge in [0, 0.05) is 17.7 Å². The van der Waals surface area contributed by atoms with Crippen LogP contribution < -0.4 is 15.5 Å². The minimum absolute atomic E-state index is 0.0293. The summed E-state index contributed by atoms with van der Waals surface area (Å²) in [7, 11) is 0. The molecule has 4 aliphatic rings. The fourth-order valence-electron chi connectivity index (χ4n) is 8.08. The average Bonchev–Trinajstić information content (AvgIpc) is 3.25. The SMILES string of the molecule is CC1OC(OCC2OC(Oc3c(-c4ccc(O)c(O)c4)oc4cc(O)cc(O)c4c3=O)C(O)C(O)C2OC2OC(C)C(NC3C=C(CO)C(O)C(O)C3O)C(O)C2O)C(O)C(O)C1O. The van der Waals surface area contributed by atoms with Gasteiger partial charge in [0.2, 0.25) is 17.5 Å². The highest BCUT2D eigenvalue weighted by atomic mass is 16.8. The largest absolute Gasteiger partial charge is 0.508 e. The van der Waals surface area contributed by atoms with Crippen molar-refractivity contribution >= 4 is 11.0 Å². The van der Waals surface area contributed by atoms with Gasteiger partial charge in [0.1, 0.15) is 95.7 Å². The van der Waals surface area contributed by atoms with E-state index in [2.05, 4.69) is 5.32 Å². The molecule has 3 fully saturated rings. The van der Waals surface area contributed by atoms with Crippen molar-refractivity contribution in [1.82, 2.24) is 5.32 Å². The Morgan fingerprint density at radius 3 is 2.03 bits per heavy atom. The highest BCUT2D eigenvalue weighted by Crippen LogP contribution is 2.40. The highest BCUT2D eigenvalue weighted by molar-refractivity contribution is 5.88. The smallest absolute Gasteiger partial charge is 0.239 e. The molecule has 64 heavy (non-hydrogen) atoms. The third kappa shape index (κ3) is 8.99. The molecule has 0 amide bonds. The lowest BCUT2D eigenvalue weighted by Crippen LogP contribution is -2.68. The summed E-state index contributed by atoms with van der Waals surface area (Å²) in [6, 6.07) is 2.66. The van der Waals surface area contributed by atoms with Gasteiger partial charge in [-0.25, -0.2) is 0 Å². The van der Waals surface area contributed by atoms with Crippen molar-refractivity contribution < 1.29 is 109 Å². The zero-order chi connectivity index (χ0) is 46.6. The van der Waals surface area contributed by atoms with Crippen LogP contribution in [0.1, 0.15) is 13.8 Å². The molecule has 19 atom stereocenters. The molecule has 1 aromatic heterocycles. The van der Waals surface area contributed by atoms with Crippen LogP contribution in [-0.2, 0) is 23.7 Å². The predicted molar refractivity (Wildman–Crippen MR) is 209 cm³/mol. The van der Waals surface area contributed by atoms with Crippen molar-refractivity contribution in [2.24, 2.45) is 0 Å². The molecule has 7 rings (SSSR count). The van der Waals surface area contributed by atoms with Gasteiger partial charge in [-0.1, -0.05) is 6.08 Å². The summed E-state index contributed by atoms with van der Waals surface area (Å²) in [4.78, 5) is 14.1. The van der Waals surface area contributed by atoms with Gasteiger partial charge in [-0.2, -0.15) is 0 Å². The van der Waals surface area contributed by atoms with Crippen molar-refractivity contribution in [3.05, 3.63) is 52.2 Å². The number of rotatable bonds is 11. The molecule has 2 aromatic carbocycles. The van der Waals surface area contributed by atoms with E-state index >= 15 is 0 Å². The topological polar surface area (TPSA) is 401 Å². The van der Waals surface area contributed by atoms with Gasteiger partial charge in [-0.3, -0.25) is 4.79 Å². The summed E-state index contributed by atoms with van der Waals surface area (Å²) in [6.07, 6.45) is -28.1. The number of fused-ring (bicyclic) bond motifs is 1. The molecule has 24 nitrogen and oxygen atoms in total. The quantitative estimate of drug-likeness (QED) is 0.0633. The highest BCUT2D eigenvalue weighted by Gasteiger charge is 2.53. The standard InChI is InChI=1S/C40H51NO23/c1-11-23(41-16-5-14(9-42)25(48)30(53)26(16)49)28(51)32(55)39(59-11)63-36-21(10-58-38-33(56)29(52)24(47)12(2)60-38)62-40(34(57)31(36)54)64-37-27(50)22-19(46)7-15(43)8-20(22)61-35(37)13-3-4-17(44)18(45)6-13/h3-8,11-12,16,21,23-26,28-34,36,38-49,51-57H,9-10H2,1-2H3. The van der Waals surface area contributed by atoms with Gasteiger partial charge in [0.15, 0.2) is 29.8 Å². The molecule has 0 bridgehead atoms. The van der Waals surface area contributed by atoms with Gasteiger partial charge in [0.25, 0.3) is 0 Å². The summed E-state index contributed by atoms with van der Waals surface area (Å²) in [5, 5.41) is 161. The minimum atomic E-state index is -2.18. The number of hydrogen-bond acceptors (Lipinski definition) is 24. The second-order valence-electron chi connectivity index (χ2n) is 16.1. The Morgan fingerprint density at radius 2 is 1.34 bits per heavy atom. The molecular weight excluding hydrogens is 862 g/mol. The Balaban J connectivity index is 1.19. The molecule has 3 aliphatic heterocycles. The molecule has 16 N–H and O–H groups in total. The Kier molecular flexibility index (Phi) is 14.1. The van der Waals surface area contributed by atoms with Crippen LogP contribution in [0.5, 0.6) is 28.7 Å². The molecular formula is C40H51NO23. The number of phenols is 4. The van der Waals surface area contributed by atoms with E-state index in [1.54, 1.807) is 0 Å². The molecule has 0 saturated carbocycles. The van der Waals surface area contributed by atoms with Crippen LogP contribution in [0.15, 0.2) is 51.2 Å². The molecule has 1 aliphatic carbocycles. The monoisotopic (exact) mass is 913 g/mol. The number of phenolic OH excluding ortho intramolecular Hbond substituents is 4. The van der Waals surface area contributed by atoms with Gasteiger partial charge in [-0.05, 0) is 37.6 Å². The summed E-state index contributed by atoms with van der Waals surface area (Å²) >= 11 is 0. The van der Waals surface area contributed by atoms with Crippen LogP contribution in [0, 0.1) is 0 Å². The van der Waals surface area contributed by atoms with Crippen molar-refractivity contribution in [3.8, 4) is 40.1 Å². The van der Waals surface area contributed by atoms with Crippen LogP contribution in [0.4, 0.5) is 0 Å². The number of nitrogens with one attached hydrogen (secondary N) is 1. The van der Waals surface area contributed by atoms with E-state index < -0.39 is 175 Å². The van der Waals surface area contributed by atoms with E-state index in [0.29, 0.717) is 0 Å². The number of aromatic hydroxyl groups is 4. The molecule has 3 saturated heterocycles. The van der Waals surface area contributed by atoms with Crippen LogP contribution in [0.2, 0.25) is 0 Å². The first-order valence-corrected chi connectivity index (χ1v) is 20.1. The fourth-order valence-corrected chi connectivity index (χ4v) is 8.08. The maximum atomic E-state index is 14.1. The van der Waals surface area contributed by atoms with E-state index in [1.165, 1.54) is 26.0 Å². The van der Waals surface area contributed by atoms with Crippen LogP contribution >= 0.6 is 0 Å². The molecule has 4 heterocycles. The lowest BCUT2D eigenvalue weighted by atomic mass is 9.86. The van der Waals surface area contributed by atoms with E-state index in [-0.39, 0.29) is 16.7 Å². The van der Waals surface area contributed by atoms with E-state index in [1.807, 2.05) is 0 Å². The maximum absolute atomic E-state index is 14.1. The van der Waals surface area contributed by atoms with Gasteiger partial charge < -0.3 is 115 Å². The molecule has 3 aromatic rings. The first kappa shape index (κ1) is 47.7. The van der Waals surface area contributed by atoms with E-state index in [0.717, 1.165) is 24.3 Å². The number of ether oxygens (including phenoxy) is 6. The number of benzene rings is 2. The lowest BCUT2D eigenvalue weighted by Gasteiger charge is -2.48. The maximum Gasteiger partial charge on any atom is 0.239 e. The first-order chi connectivity index (χ1) is 30.2. The summed E-state index contributed by atoms with van der Waals surface area (Å²) in [6.45, 7) is 1.36. The number of aliphatic hydroxyl groups is 11. The van der Waals surface area contributed by atoms with Gasteiger partial charge >= 0.3 is 0 Å². The summed E-state index contributed by atoms with van der Waals surface area (Å²) in [5.41, 5.74) is -1.62. The number of hydrogen-bond donors (Lipinski definition) is 16. The van der Waals surface area contributed by atoms with Crippen molar-refractivity contribution in [2.75, 3.05) is 13.2 Å². The van der Waals surface area contributed by atoms with Crippen LogP contribution in [-0.4, -0.2) is 206 Å². The second kappa shape index (κ2) is 18.9. The Bertz CT molecular complexity index is 2220. The Morgan fingerprint density at radius 1 is 0.672 bits per heavy atom. The van der Waals surface area contributed by atoms with Crippen LogP contribution in [0.3, 0.4) is 0 Å². The zero-order valence-electron chi connectivity index (χ0n) is 33.8. The average molecular weight is 914 g/mol. The van der Waals surface area contributed by atoms with Crippen molar-refractivity contribution in [2.45, 2.75) is 130 Å². The molecule has 19 unspecified atom stereocenters. The van der Waals surface area contributed by atoms with E-state index in [9.17, 15) is 81.4 Å². The normalized spacial score (nSPS) is 39.4. The van der Waals surface area contributed by atoms with Crippen LogP contribution in [0.25, 0.3) is 22.3 Å². The lowest BCUT2D eigenvalue weighted by molar-refractivity contribution is -0.352. The van der Waals surface area contributed by atoms with Crippen molar-refractivity contribution in [1.29, 1.82) is 0 Å². The van der Waals surface area contributed by atoms with Gasteiger partial charge in [-0.15, -0.1) is 0 Å².